The first kappa shape index (κ1) is 13.8. The molecule has 1 heterocycles. The van der Waals surface area contributed by atoms with Gasteiger partial charge in [-0.2, -0.15) is 0 Å². The molecule has 2 nitrogen and oxygen atoms in total. The van der Waals surface area contributed by atoms with Crippen molar-refractivity contribution in [2.45, 2.75) is 13.5 Å². The summed E-state index contributed by atoms with van der Waals surface area (Å²) in [6.45, 7) is 2.56. The number of hydrogen-bond donors (Lipinski definition) is 0. The highest BCUT2D eigenvalue weighted by molar-refractivity contribution is 5.84. The highest BCUT2D eigenvalue weighted by Gasteiger charge is 2.05. The number of ether oxygens (including phenoxy) is 1. The SMILES string of the molecule is Cc1cc(COc2ccc3ccccc3c2)c2ccccc2n1. The summed E-state index contributed by atoms with van der Waals surface area (Å²) in [4.78, 5) is 4.58. The maximum atomic E-state index is 6.04. The summed E-state index contributed by atoms with van der Waals surface area (Å²) in [5.41, 5.74) is 3.20. The van der Waals surface area contributed by atoms with Crippen LogP contribution in [0.1, 0.15) is 11.3 Å². The van der Waals surface area contributed by atoms with Crippen LogP contribution in [0.3, 0.4) is 0 Å². The highest BCUT2D eigenvalue weighted by Crippen LogP contribution is 2.23. The smallest absolute Gasteiger partial charge is 0.120 e. The van der Waals surface area contributed by atoms with E-state index in [0.29, 0.717) is 6.61 Å². The van der Waals surface area contributed by atoms with Crippen LogP contribution in [-0.2, 0) is 6.61 Å². The summed E-state index contributed by atoms with van der Waals surface area (Å²) < 4.78 is 6.04. The zero-order valence-electron chi connectivity index (χ0n) is 13.0. The van der Waals surface area contributed by atoms with E-state index in [9.17, 15) is 0 Å². The minimum atomic E-state index is 0.544. The largest absolute Gasteiger partial charge is 0.489 e. The summed E-state index contributed by atoms with van der Waals surface area (Å²) in [6, 6.07) is 24.8. The van der Waals surface area contributed by atoms with Gasteiger partial charge in [-0.15, -0.1) is 0 Å². The van der Waals surface area contributed by atoms with Gasteiger partial charge in [-0.3, -0.25) is 4.98 Å². The van der Waals surface area contributed by atoms with Crippen LogP contribution in [-0.4, -0.2) is 4.98 Å². The van der Waals surface area contributed by atoms with Gasteiger partial charge < -0.3 is 4.74 Å². The Kier molecular flexibility index (Phi) is 3.43. The predicted molar refractivity (Wildman–Crippen MR) is 94.8 cm³/mol. The van der Waals surface area contributed by atoms with Gasteiger partial charge in [0.15, 0.2) is 0 Å². The van der Waals surface area contributed by atoms with E-state index in [1.807, 2.05) is 37.3 Å². The number of aromatic nitrogens is 1. The normalized spacial score (nSPS) is 11.0. The molecule has 4 rings (SSSR count). The van der Waals surface area contributed by atoms with Gasteiger partial charge >= 0.3 is 0 Å². The van der Waals surface area contributed by atoms with Gasteiger partial charge in [-0.05, 0) is 42.0 Å². The van der Waals surface area contributed by atoms with Crippen molar-refractivity contribution in [3.8, 4) is 5.75 Å². The molecule has 0 bridgehead atoms. The van der Waals surface area contributed by atoms with E-state index >= 15 is 0 Å². The van der Waals surface area contributed by atoms with Crippen molar-refractivity contribution in [2.75, 3.05) is 0 Å². The number of benzene rings is 3. The minimum absolute atomic E-state index is 0.544. The maximum absolute atomic E-state index is 6.04. The summed E-state index contributed by atoms with van der Waals surface area (Å²) >= 11 is 0. The van der Waals surface area contributed by atoms with E-state index in [1.54, 1.807) is 0 Å². The van der Waals surface area contributed by atoms with E-state index in [0.717, 1.165) is 22.3 Å². The number of hydrogen-bond acceptors (Lipinski definition) is 2. The van der Waals surface area contributed by atoms with Gasteiger partial charge in [-0.1, -0.05) is 48.5 Å². The molecule has 0 fully saturated rings. The molecule has 0 spiro atoms. The number of pyridine rings is 1. The molecular formula is C21H17NO. The molecule has 0 amide bonds. The van der Waals surface area contributed by atoms with Gasteiger partial charge in [-0.25, -0.2) is 0 Å². The number of para-hydroxylation sites is 1. The lowest BCUT2D eigenvalue weighted by atomic mass is 10.1. The second-order valence-electron chi connectivity index (χ2n) is 5.74. The summed E-state index contributed by atoms with van der Waals surface area (Å²) in [5, 5.41) is 3.57. The predicted octanol–water partition coefficient (Wildman–Crippen LogP) is 5.28. The lowest BCUT2D eigenvalue weighted by molar-refractivity contribution is 0.308. The van der Waals surface area contributed by atoms with Crippen LogP contribution >= 0.6 is 0 Å². The van der Waals surface area contributed by atoms with Crippen molar-refractivity contribution in [1.29, 1.82) is 0 Å². The third-order valence-corrected chi connectivity index (χ3v) is 4.05. The summed E-state index contributed by atoms with van der Waals surface area (Å²) in [7, 11) is 0. The van der Waals surface area contributed by atoms with E-state index in [1.165, 1.54) is 16.3 Å². The molecule has 0 aliphatic carbocycles. The fourth-order valence-corrected chi connectivity index (χ4v) is 2.93. The lowest BCUT2D eigenvalue weighted by Crippen LogP contribution is -1.98. The van der Waals surface area contributed by atoms with Gasteiger partial charge in [0.25, 0.3) is 0 Å². The van der Waals surface area contributed by atoms with Crippen molar-refractivity contribution < 1.29 is 4.74 Å². The van der Waals surface area contributed by atoms with Crippen molar-refractivity contribution >= 4 is 21.7 Å². The lowest BCUT2D eigenvalue weighted by Gasteiger charge is -2.10. The Morgan fingerprint density at radius 2 is 1.61 bits per heavy atom. The number of aryl methyl sites for hydroxylation is 1. The van der Waals surface area contributed by atoms with Crippen LogP contribution in [0.4, 0.5) is 0 Å². The van der Waals surface area contributed by atoms with Crippen LogP contribution in [0, 0.1) is 6.92 Å². The topological polar surface area (TPSA) is 22.1 Å². The average Bonchev–Trinajstić information content (AvgIpc) is 2.59. The third-order valence-electron chi connectivity index (χ3n) is 4.05. The van der Waals surface area contributed by atoms with Gasteiger partial charge in [0.1, 0.15) is 12.4 Å². The molecule has 0 saturated carbocycles. The van der Waals surface area contributed by atoms with Gasteiger partial charge in [0.2, 0.25) is 0 Å². The Bertz CT molecular complexity index is 991. The van der Waals surface area contributed by atoms with Crippen molar-refractivity contribution in [3.05, 3.63) is 84.1 Å². The van der Waals surface area contributed by atoms with Crippen molar-refractivity contribution in [3.63, 3.8) is 0 Å². The zero-order valence-corrected chi connectivity index (χ0v) is 13.0. The first-order valence-corrected chi connectivity index (χ1v) is 7.76. The van der Waals surface area contributed by atoms with Crippen molar-refractivity contribution in [1.82, 2.24) is 4.98 Å². The molecule has 1 aromatic heterocycles. The van der Waals surface area contributed by atoms with Gasteiger partial charge in [0.05, 0.1) is 5.52 Å². The average molecular weight is 299 g/mol. The Morgan fingerprint density at radius 3 is 2.52 bits per heavy atom. The Balaban J connectivity index is 1.65. The zero-order chi connectivity index (χ0) is 15.6. The van der Waals surface area contributed by atoms with E-state index in [-0.39, 0.29) is 0 Å². The number of rotatable bonds is 3. The standard InChI is InChI=1S/C21H17NO/c1-15-12-18(20-8-4-5-9-21(20)22-15)14-23-19-11-10-16-6-2-3-7-17(16)13-19/h2-13H,14H2,1H3. The Labute approximate surface area is 135 Å². The molecular weight excluding hydrogens is 282 g/mol. The van der Waals surface area contributed by atoms with E-state index in [4.69, 9.17) is 4.74 Å². The van der Waals surface area contributed by atoms with Crippen LogP contribution in [0.5, 0.6) is 5.75 Å². The van der Waals surface area contributed by atoms with Gasteiger partial charge in [0, 0.05) is 16.6 Å². The minimum Gasteiger partial charge on any atom is -0.489 e. The summed E-state index contributed by atoms with van der Waals surface area (Å²) in [5.74, 6) is 0.891. The Hall–Kier alpha value is -2.87. The molecule has 0 atom stereocenters. The van der Waals surface area contributed by atoms with Crippen LogP contribution in [0.2, 0.25) is 0 Å². The second kappa shape index (κ2) is 5.73. The van der Waals surface area contributed by atoms with Crippen molar-refractivity contribution in [2.24, 2.45) is 0 Å². The molecule has 0 unspecified atom stereocenters. The maximum Gasteiger partial charge on any atom is 0.120 e. The molecule has 0 N–H and O–H groups in total. The molecule has 0 aliphatic heterocycles. The first-order chi connectivity index (χ1) is 11.3. The van der Waals surface area contributed by atoms with Crippen LogP contribution in [0.15, 0.2) is 72.8 Å². The second-order valence-corrected chi connectivity index (χ2v) is 5.74. The van der Waals surface area contributed by atoms with E-state index in [2.05, 4.69) is 47.4 Å². The quantitative estimate of drug-likeness (QED) is 0.514. The molecule has 0 radical (unpaired) electrons. The molecule has 23 heavy (non-hydrogen) atoms. The van der Waals surface area contributed by atoms with Crippen LogP contribution in [0.25, 0.3) is 21.7 Å². The summed E-state index contributed by atoms with van der Waals surface area (Å²) in [6.07, 6.45) is 0. The molecule has 112 valence electrons. The molecule has 0 aliphatic rings. The monoisotopic (exact) mass is 299 g/mol. The fraction of sp³-hybridized carbons (Fsp3) is 0.0952. The molecule has 0 saturated heterocycles. The number of fused-ring (bicyclic) bond motifs is 2. The third kappa shape index (κ3) is 2.76. The number of nitrogens with zero attached hydrogens (tertiary/aromatic N) is 1. The van der Waals surface area contributed by atoms with Crippen LogP contribution < -0.4 is 4.74 Å². The fourth-order valence-electron chi connectivity index (χ4n) is 2.93. The molecule has 3 aromatic carbocycles. The molecule has 2 heteroatoms. The Morgan fingerprint density at radius 1 is 0.826 bits per heavy atom. The molecule has 4 aromatic rings. The first-order valence-electron chi connectivity index (χ1n) is 7.76. The van der Waals surface area contributed by atoms with E-state index < -0.39 is 0 Å². The highest BCUT2D eigenvalue weighted by atomic mass is 16.5.